The maximum Gasteiger partial charge on any atom is 0.156 e. The highest BCUT2D eigenvalue weighted by Gasteiger charge is 2.12. The lowest BCUT2D eigenvalue weighted by Gasteiger charge is -2.02. The zero-order valence-corrected chi connectivity index (χ0v) is 13.3. The van der Waals surface area contributed by atoms with Crippen LogP contribution >= 0.6 is 46.4 Å². The molecule has 2 aromatic heterocycles. The van der Waals surface area contributed by atoms with Gasteiger partial charge in [-0.1, -0.05) is 52.5 Å². The van der Waals surface area contributed by atoms with Crippen LogP contribution in [0.1, 0.15) is 5.56 Å². The van der Waals surface area contributed by atoms with E-state index >= 15 is 0 Å². The lowest BCUT2D eigenvalue weighted by molar-refractivity contribution is 1.17. The minimum Gasteiger partial charge on any atom is -0.304 e. The number of benzene rings is 1. The molecule has 20 heavy (non-hydrogen) atoms. The molecule has 2 heterocycles. The average molecular weight is 346 g/mol. The molecule has 0 saturated carbocycles. The first-order valence-corrected chi connectivity index (χ1v) is 7.27. The second kappa shape index (κ2) is 5.12. The van der Waals surface area contributed by atoms with E-state index in [1.807, 2.05) is 19.2 Å². The molecule has 0 aliphatic carbocycles. The Hall–Kier alpha value is -0.930. The summed E-state index contributed by atoms with van der Waals surface area (Å²) in [5, 5.41) is 2.14. The smallest absolute Gasteiger partial charge is 0.156 e. The van der Waals surface area contributed by atoms with Gasteiger partial charge in [-0.05, 0) is 24.6 Å². The number of pyridine rings is 1. The Morgan fingerprint density at radius 2 is 1.70 bits per heavy atom. The highest BCUT2D eigenvalue weighted by Crippen LogP contribution is 2.32. The van der Waals surface area contributed by atoms with Gasteiger partial charge < -0.3 is 4.40 Å². The van der Waals surface area contributed by atoms with Crippen molar-refractivity contribution in [3.8, 4) is 11.3 Å². The molecule has 0 saturated heterocycles. The SMILES string of the molecule is Cc1c(Cl)cn2cc(-c3ccc(Cl)c(Cl)c3)nc2c1Cl. The number of aromatic nitrogens is 2. The summed E-state index contributed by atoms with van der Waals surface area (Å²) in [5.74, 6) is 0. The summed E-state index contributed by atoms with van der Waals surface area (Å²) in [5.41, 5.74) is 3.10. The fourth-order valence-electron chi connectivity index (χ4n) is 1.94. The fourth-order valence-corrected chi connectivity index (χ4v) is 2.73. The fraction of sp³-hybridized carbons (Fsp3) is 0.0714. The Kier molecular flexibility index (Phi) is 3.59. The number of hydrogen-bond donors (Lipinski definition) is 0. The third-order valence-electron chi connectivity index (χ3n) is 3.08. The number of nitrogens with zero attached hydrogens (tertiary/aromatic N) is 2. The number of halogens is 4. The van der Waals surface area contributed by atoms with Gasteiger partial charge in [0.25, 0.3) is 0 Å². The largest absolute Gasteiger partial charge is 0.304 e. The van der Waals surface area contributed by atoms with Gasteiger partial charge in [-0.25, -0.2) is 4.98 Å². The molecule has 0 aliphatic heterocycles. The predicted octanol–water partition coefficient (Wildman–Crippen LogP) is 5.92. The first kappa shape index (κ1) is 14.0. The number of imidazole rings is 1. The van der Waals surface area contributed by atoms with E-state index in [1.54, 1.807) is 22.7 Å². The van der Waals surface area contributed by atoms with E-state index in [1.165, 1.54) is 0 Å². The normalized spacial score (nSPS) is 11.2. The van der Waals surface area contributed by atoms with E-state index in [9.17, 15) is 0 Å². The van der Waals surface area contributed by atoms with Crippen LogP contribution in [0.25, 0.3) is 16.9 Å². The second-order valence-electron chi connectivity index (χ2n) is 4.40. The lowest BCUT2D eigenvalue weighted by Crippen LogP contribution is -1.88. The predicted molar refractivity (Wildman–Crippen MR) is 85.4 cm³/mol. The molecule has 2 nitrogen and oxygen atoms in total. The van der Waals surface area contributed by atoms with Gasteiger partial charge >= 0.3 is 0 Å². The first-order valence-electron chi connectivity index (χ1n) is 5.76. The molecule has 0 spiro atoms. The Balaban J connectivity index is 2.23. The van der Waals surface area contributed by atoms with Crippen molar-refractivity contribution in [2.75, 3.05) is 0 Å². The number of rotatable bonds is 1. The molecule has 102 valence electrons. The first-order chi connectivity index (χ1) is 9.47. The molecular formula is C14H8Cl4N2. The summed E-state index contributed by atoms with van der Waals surface area (Å²) in [6.07, 6.45) is 3.64. The maximum absolute atomic E-state index is 6.27. The van der Waals surface area contributed by atoms with Gasteiger partial charge in [0.15, 0.2) is 5.65 Å². The zero-order chi connectivity index (χ0) is 14.4. The topological polar surface area (TPSA) is 17.3 Å². The zero-order valence-electron chi connectivity index (χ0n) is 10.3. The quantitative estimate of drug-likeness (QED) is 0.534. The van der Waals surface area contributed by atoms with Crippen LogP contribution < -0.4 is 0 Å². The van der Waals surface area contributed by atoms with Crippen molar-refractivity contribution in [2.24, 2.45) is 0 Å². The molecule has 0 bridgehead atoms. The molecule has 3 aromatic rings. The van der Waals surface area contributed by atoms with Crippen molar-refractivity contribution >= 4 is 52.1 Å². The summed E-state index contributed by atoms with van der Waals surface area (Å²) < 4.78 is 1.80. The summed E-state index contributed by atoms with van der Waals surface area (Å²) in [6, 6.07) is 5.37. The molecule has 0 unspecified atom stereocenters. The van der Waals surface area contributed by atoms with Crippen molar-refractivity contribution in [3.63, 3.8) is 0 Å². The summed E-state index contributed by atoms with van der Waals surface area (Å²) in [4.78, 5) is 4.53. The number of hydrogen-bond acceptors (Lipinski definition) is 1. The van der Waals surface area contributed by atoms with Crippen molar-refractivity contribution in [1.29, 1.82) is 0 Å². The van der Waals surface area contributed by atoms with Crippen LogP contribution in [0.15, 0.2) is 30.6 Å². The van der Waals surface area contributed by atoms with Crippen LogP contribution in [0.5, 0.6) is 0 Å². The summed E-state index contributed by atoms with van der Waals surface area (Å²) in [6.45, 7) is 1.86. The van der Waals surface area contributed by atoms with E-state index in [0.717, 1.165) is 16.8 Å². The molecule has 3 rings (SSSR count). The number of fused-ring (bicyclic) bond motifs is 1. The highest BCUT2D eigenvalue weighted by molar-refractivity contribution is 6.42. The molecule has 0 aliphatic rings. The molecule has 0 fully saturated rings. The highest BCUT2D eigenvalue weighted by atomic mass is 35.5. The average Bonchev–Trinajstić information content (AvgIpc) is 2.83. The van der Waals surface area contributed by atoms with Crippen LogP contribution in [0.2, 0.25) is 20.1 Å². The minimum atomic E-state index is 0.488. The minimum absolute atomic E-state index is 0.488. The molecule has 1 aromatic carbocycles. The van der Waals surface area contributed by atoms with Gasteiger partial charge in [-0.3, -0.25) is 0 Å². The Bertz CT molecular complexity index is 824. The van der Waals surface area contributed by atoms with Gasteiger partial charge in [-0.15, -0.1) is 0 Å². The Morgan fingerprint density at radius 3 is 2.40 bits per heavy atom. The lowest BCUT2D eigenvalue weighted by atomic mass is 10.2. The molecular weight excluding hydrogens is 338 g/mol. The van der Waals surface area contributed by atoms with Crippen LogP contribution in [-0.2, 0) is 0 Å². The standard InChI is InChI=1S/C14H8Cl4N2/c1-7-11(17)5-20-6-12(19-14(20)13(7)18)8-2-3-9(15)10(16)4-8/h2-6H,1H3. The molecule has 0 N–H and O–H groups in total. The summed E-state index contributed by atoms with van der Waals surface area (Å²) >= 11 is 24.3. The van der Waals surface area contributed by atoms with Crippen molar-refractivity contribution in [1.82, 2.24) is 9.38 Å². The molecule has 0 amide bonds. The van der Waals surface area contributed by atoms with Crippen LogP contribution in [0.3, 0.4) is 0 Å². The van der Waals surface area contributed by atoms with Crippen LogP contribution in [0.4, 0.5) is 0 Å². The molecule has 0 radical (unpaired) electrons. The van der Waals surface area contributed by atoms with Crippen LogP contribution in [-0.4, -0.2) is 9.38 Å². The van der Waals surface area contributed by atoms with Crippen molar-refractivity contribution in [3.05, 3.63) is 56.2 Å². The van der Waals surface area contributed by atoms with Gasteiger partial charge in [0.2, 0.25) is 0 Å². The maximum atomic E-state index is 6.27. The molecule has 0 atom stereocenters. The van der Waals surface area contributed by atoms with E-state index < -0.39 is 0 Å². The van der Waals surface area contributed by atoms with Gasteiger partial charge in [0.1, 0.15) is 0 Å². The second-order valence-corrected chi connectivity index (χ2v) is 6.00. The van der Waals surface area contributed by atoms with Crippen molar-refractivity contribution in [2.45, 2.75) is 6.92 Å². The van der Waals surface area contributed by atoms with Gasteiger partial charge in [0, 0.05) is 18.0 Å². The Labute approximate surface area is 135 Å². The van der Waals surface area contributed by atoms with Crippen molar-refractivity contribution < 1.29 is 0 Å². The molecule has 6 heteroatoms. The van der Waals surface area contributed by atoms with E-state index in [-0.39, 0.29) is 0 Å². The van der Waals surface area contributed by atoms with Gasteiger partial charge in [-0.2, -0.15) is 0 Å². The third-order valence-corrected chi connectivity index (χ3v) is 4.66. The Morgan fingerprint density at radius 1 is 0.950 bits per heavy atom. The van der Waals surface area contributed by atoms with Crippen LogP contribution in [0, 0.1) is 6.92 Å². The van der Waals surface area contributed by atoms with E-state index in [4.69, 9.17) is 46.4 Å². The van der Waals surface area contributed by atoms with Gasteiger partial charge in [0.05, 0.1) is 25.8 Å². The monoisotopic (exact) mass is 344 g/mol. The third kappa shape index (κ3) is 2.27. The van der Waals surface area contributed by atoms with E-state index in [2.05, 4.69) is 4.98 Å². The van der Waals surface area contributed by atoms with E-state index in [0.29, 0.717) is 25.7 Å². The summed E-state index contributed by atoms with van der Waals surface area (Å²) in [7, 11) is 0.